The first-order valence-electron chi connectivity index (χ1n) is 3.27. The summed E-state index contributed by atoms with van der Waals surface area (Å²) in [6.45, 7) is 0. The number of alkyl halides is 1. The van der Waals surface area contributed by atoms with Crippen LogP contribution in [0.2, 0.25) is 5.02 Å². The molecule has 0 N–H and O–H groups in total. The van der Waals surface area contributed by atoms with Gasteiger partial charge in [-0.25, -0.2) is 4.39 Å². The summed E-state index contributed by atoms with van der Waals surface area (Å²) in [4.78, 5) is 0. The van der Waals surface area contributed by atoms with Crippen molar-refractivity contribution in [3.8, 4) is 5.75 Å². The highest BCUT2D eigenvalue weighted by molar-refractivity contribution is 6.32. The highest BCUT2D eigenvalue weighted by Gasteiger charge is 2.08. The van der Waals surface area contributed by atoms with Crippen LogP contribution in [0, 0.1) is 5.82 Å². The van der Waals surface area contributed by atoms with E-state index in [4.69, 9.17) is 27.9 Å². The number of rotatable bonds is 2. The zero-order valence-corrected chi connectivity index (χ0v) is 7.92. The Labute approximate surface area is 80.0 Å². The molecule has 0 aliphatic carbocycles. The minimum atomic E-state index is -0.436. The topological polar surface area (TPSA) is 9.23 Å². The van der Waals surface area contributed by atoms with Gasteiger partial charge in [0, 0.05) is 11.6 Å². The van der Waals surface area contributed by atoms with Gasteiger partial charge in [-0.05, 0) is 6.07 Å². The number of hydrogen-bond acceptors (Lipinski definition) is 1. The molecule has 0 atom stereocenters. The van der Waals surface area contributed by atoms with Gasteiger partial charge >= 0.3 is 0 Å². The van der Waals surface area contributed by atoms with E-state index in [0.29, 0.717) is 16.3 Å². The Morgan fingerprint density at radius 2 is 2.17 bits per heavy atom. The van der Waals surface area contributed by atoms with E-state index in [1.54, 1.807) is 0 Å². The minimum absolute atomic E-state index is 0.0641. The molecular weight excluding hydrogens is 202 g/mol. The van der Waals surface area contributed by atoms with Gasteiger partial charge in [-0.15, -0.1) is 11.6 Å². The highest BCUT2D eigenvalue weighted by atomic mass is 35.5. The number of methoxy groups -OCH3 is 1. The second-order valence-corrected chi connectivity index (χ2v) is 2.88. The number of benzene rings is 1. The molecule has 0 aromatic heterocycles. The third-order valence-electron chi connectivity index (χ3n) is 1.48. The van der Waals surface area contributed by atoms with E-state index >= 15 is 0 Å². The van der Waals surface area contributed by atoms with Crippen LogP contribution in [0.3, 0.4) is 0 Å². The SMILES string of the molecule is COc1cc(F)c(CCl)c(Cl)c1. The quantitative estimate of drug-likeness (QED) is 0.679. The van der Waals surface area contributed by atoms with Gasteiger partial charge in [0.1, 0.15) is 11.6 Å². The predicted molar refractivity (Wildman–Crippen MR) is 47.5 cm³/mol. The van der Waals surface area contributed by atoms with Gasteiger partial charge in [0.25, 0.3) is 0 Å². The van der Waals surface area contributed by atoms with E-state index in [9.17, 15) is 4.39 Å². The minimum Gasteiger partial charge on any atom is -0.497 e. The van der Waals surface area contributed by atoms with Crippen molar-refractivity contribution < 1.29 is 9.13 Å². The van der Waals surface area contributed by atoms with Crippen molar-refractivity contribution in [3.63, 3.8) is 0 Å². The van der Waals surface area contributed by atoms with Crippen LogP contribution in [0.4, 0.5) is 4.39 Å². The number of ether oxygens (including phenoxy) is 1. The Morgan fingerprint density at radius 1 is 1.50 bits per heavy atom. The van der Waals surface area contributed by atoms with Crippen LogP contribution in [0.25, 0.3) is 0 Å². The zero-order chi connectivity index (χ0) is 9.14. The third-order valence-corrected chi connectivity index (χ3v) is 2.09. The van der Waals surface area contributed by atoms with Crippen LogP contribution in [-0.4, -0.2) is 7.11 Å². The first kappa shape index (κ1) is 9.62. The number of halogens is 3. The van der Waals surface area contributed by atoms with Gasteiger partial charge in [0.2, 0.25) is 0 Å². The second kappa shape index (κ2) is 3.97. The Bertz CT molecular complexity index is 265. The molecule has 0 heterocycles. The predicted octanol–water partition coefficient (Wildman–Crippen LogP) is 3.23. The fourth-order valence-corrected chi connectivity index (χ4v) is 1.43. The summed E-state index contributed by atoms with van der Waals surface area (Å²) < 4.78 is 17.9. The second-order valence-electron chi connectivity index (χ2n) is 2.20. The van der Waals surface area contributed by atoms with Crippen molar-refractivity contribution in [1.29, 1.82) is 0 Å². The fraction of sp³-hybridized carbons (Fsp3) is 0.250. The molecule has 12 heavy (non-hydrogen) atoms. The average molecular weight is 209 g/mol. The van der Waals surface area contributed by atoms with E-state index in [2.05, 4.69) is 0 Å². The molecule has 1 rings (SSSR count). The summed E-state index contributed by atoms with van der Waals surface area (Å²) in [5.74, 6) is 0.0231. The molecule has 1 nitrogen and oxygen atoms in total. The molecule has 0 aliphatic heterocycles. The third kappa shape index (κ3) is 1.82. The smallest absolute Gasteiger partial charge is 0.132 e. The maximum absolute atomic E-state index is 13.0. The molecule has 1 aromatic carbocycles. The zero-order valence-electron chi connectivity index (χ0n) is 6.40. The normalized spacial score (nSPS) is 10.0. The molecule has 0 saturated heterocycles. The molecule has 1 aromatic rings. The molecule has 0 amide bonds. The van der Waals surface area contributed by atoms with E-state index in [1.165, 1.54) is 19.2 Å². The van der Waals surface area contributed by atoms with Crippen molar-refractivity contribution in [2.75, 3.05) is 7.11 Å². The van der Waals surface area contributed by atoms with Crippen molar-refractivity contribution in [3.05, 3.63) is 28.5 Å². The van der Waals surface area contributed by atoms with Gasteiger partial charge < -0.3 is 4.74 Å². The maximum Gasteiger partial charge on any atom is 0.132 e. The Hall–Kier alpha value is -0.470. The molecule has 0 bridgehead atoms. The Kier molecular flexibility index (Phi) is 3.18. The molecule has 0 fully saturated rings. The molecular formula is C8H7Cl2FO. The first-order chi connectivity index (χ1) is 5.69. The lowest BCUT2D eigenvalue weighted by molar-refractivity contribution is 0.411. The highest BCUT2D eigenvalue weighted by Crippen LogP contribution is 2.26. The molecule has 4 heteroatoms. The largest absolute Gasteiger partial charge is 0.497 e. The van der Waals surface area contributed by atoms with Gasteiger partial charge in [0.05, 0.1) is 18.0 Å². The van der Waals surface area contributed by atoms with Crippen LogP contribution >= 0.6 is 23.2 Å². The number of hydrogen-bond donors (Lipinski definition) is 0. The monoisotopic (exact) mass is 208 g/mol. The summed E-state index contributed by atoms with van der Waals surface area (Å²) in [6.07, 6.45) is 0. The van der Waals surface area contributed by atoms with E-state index in [1.807, 2.05) is 0 Å². The van der Waals surface area contributed by atoms with Crippen molar-refractivity contribution in [1.82, 2.24) is 0 Å². The molecule has 0 radical (unpaired) electrons. The summed E-state index contributed by atoms with van der Waals surface area (Å²) in [6, 6.07) is 2.78. The van der Waals surface area contributed by atoms with Gasteiger partial charge in [-0.2, -0.15) is 0 Å². The summed E-state index contributed by atoms with van der Waals surface area (Å²) in [5.41, 5.74) is 0.305. The maximum atomic E-state index is 13.0. The molecule has 0 aliphatic rings. The standard InChI is InChI=1S/C8H7Cl2FO/c1-12-5-2-7(10)6(4-9)8(11)3-5/h2-3H,4H2,1H3. The van der Waals surface area contributed by atoms with Crippen LogP contribution in [0.5, 0.6) is 5.75 Å². The molecule has 0 unspecified atom stereocenters. The van der Waals surface area contributed by atoms with Crippen LogP contribution in [0.1, 0.15) is 5.56 Å². The van der Waals surface area contributed by atoms with E-state index in [-0.39, 0.29) is 5.88 Å². The lowest BCUT2D eigenvalue weighted by Crippen LogP contribution is -1.90. The van der Waals surface area contributed by atoms with Crippen molar-refractivity contribution in [2.45, 2.75) is 5.88 Å². The van der Waals surface area contributed by atoms with E-state index < -0.39 is 5.82 Å². The van der Waals surface area contributed by atoms with Gasteiger partial charge in [0.15, 0.2) is 0 Å². The first-order valence-corrected chi connectivity index (χ1v) is 4.18. The van der Waals surface area contributed by atoms with Gasteiger partial charge in [-0.3, -0.25) is 0 Å². The fourth-order valence-electron chi connectivity index (χ4n) is 0.825. The Balaban J connectivity index is 3.18. The summed E-state index contributed by atoms with van der Waals surface area (Å²) in [5, 5.41) is 0.293. The van der Waals surface area contributed by atoms with Crippen LogP contribution in [-0.2, 0) is 5.88 Å². The average Bonchev–Trinajstić information content (AvgIpc) is 2.03. The van der Waals surface area contributed by atoms with Crippen molar-refractivity contribution in [2.24, 2.45) is 0 Å². The van der Waals surface area contributed by atoms with Crippen molar-refractivity contribution >= 4 is 23.2 Å². The van der Waals surface area contributed by atoms with Crippen LogP contribution in [0.15, 0.2) is 12.1 Å². The van der Waals surface area contributed by atoms with Crippen LogP contribution < -0.4 is 4.74 Å². The lowest BCUT2D eigenvalue weighted by Gasteiger charge is -2.04. The van der Waals surface area contributed by atoms with Gasteiger partial charge in [-0.1, -0.05) is 11.6 Å². The molecule has 0 spiro atoms. The van der Waals surface area contributed by atoms with E-state index in [0.717, 1.165) is 0 Å². The summed E-state index contributed by atoms with van der Waals surface area (Å²) >= 11 is 11.2. The Morgan fingerprint density at radius 3 is 2.58 bits per heavy atom. The lowest BCUT2D eigenvalue weighted by atomic mass is 10.2. The summed E-state index contributed by atoms with van der Waals surface area (Å²) in [7, 11) is 1.45. The molecule has 66 valence electrons. The molecule has 0 saturated carbocycles.